The molecule has 3 aromatic rings. The van der Waals surface area contributed by atoms with E-state index in [1.165, 1.54) is 58.9 Å². The van der Waals surface area contributed by atoms with Crippen molar-refractivity contribution in [2.75, 3.05) is 14.9 Å². The Hall–Kier alpha value is -3.57. The third-order valence-electron chi connectivity index (χ3n) is 5.52. The molecule has 0 unspecified atom stereocenters. The van der Waals surface area contributed by atoms with Crippen LogP contribution in [0.5, 0.6) is 0 Å². The highest BCUT2D eigenvalue weighted by Crippen LogP contribution is 2.36. The van der Waals surface area contributed by atoms with Crippen LogP contribution < -0.4 is 14.9 Å². The largest absolute Gasteiger partial charge is 0.332 e. The van der Waals surface area contributed by atoms with Gasteiger partial charge in [-0.1, -0.05) is 0 Å². The molecule has 2 N–H and O–H groups in total. The van der Waals surface area contributed by atoms with Crippen molar-refractivity contribution in [2.24, 2.45) is 0 Å². The van der Waals surface area contributed by atoms with Crippen LogP contribution in [0.4, 0.5) is 27.1 Å². The van der Waals surface area contributed by atoms with Gasteiger partial charge in [0.05, 0.1) is 15.5 Å². The lowest BCUT2D eigenvalue weighted by Gasteiger charge is -2.36. The fraction of sp³-hybridized carbons (Fsp3) is 0.174. The number of benzene rings is 3. The first-order valence-electron chi connectivity index (χ1n) is 10.4. The van der Waals surface area contributed by atoms with Crippen molar-refractivity contribution in [2.45, 2.75) is 30.7 Å². The summed E-state index contributed by atoms with van der Waals surface area (Å²) in [5.74, 6) is -0.389. The zero-order chi connectivity index (χ0) is 24.5. The monoisotopic (exact) mass is 500 g/mol. The summed E-state index contributed by atoms with van der Waals surface area (Å²) < 4.78 is 41.9. The Balaban J connectivity index is 1.49. The molecule has 0 radical (unpaired) electrons. The van der Waals surface area contributed by atoms with E-state index in [2.05, 4.69) is 10.6 Å². The molecule has 0 saturated carbocycles. The highest BCUT2D eigenvalue weighted by molar-refractivity contribution is 7.92. The Morgan fingerprint density at radius 1 is 1.06 bits per heavy atom. The van der Waals surface area contributed by atoms with E-state index >= 15 is 0 Å². The molecule has 0 fully saturated rings. The van der Waals surface area contributed by atoms with Gasteiger partial charge in [0.25, 0.3) is 15.7 Å². The average molecular weight is 501 g/mol. The fourth-order valence-corrected chi connectivity index (χ4v) is 5.80. The second-order valence-electron chi connectivity index (χ2n) is 7.87. The van der Waals surface area contributed by atoms with Gasteiger partial charge in [-0.15, -0.1) is 0 Å². The second-order valence-corrected chi connectivity index (χ2v) is 10.1. The number of aryl methyl sites for hydroxylation is 1. The molecular weight excluding hydrogens is 479 g/mol. The normalized spacial score (nSPS) is 15.4. The van der Waals surface area contributed by atoms with Crippen LogP contribution in [-0.2, 0) is 16.4 Å². The quantitative estimate of drug-likeness (QED) is 0.286. The summed E-state index contributed by atoms with van der Waals surface area (Å²) in [7, 11) is -3.86. The maximum absolute atomic E-state index is 13.7. The Morgan fingerprint density at radius 3 is 2.24 bits per heavy atom. The summed E-state index contributed by atoms with van der Waals surface area (Å²) in [4.78, 5) is 10.4. The molecule has 4 rings (SSSR count). The summed E-state index contributed by atoms with van der Waals surface area (Å²) in [5, 5.41) is 16.9. The molecule has 0 spiro atoms. The number of sulfonamides is 1. The van der Waals surface area contributed by atoms with Crippen LogP contribution in [0, 0.1) is 15.9 Å². The Morgan fingerprint density at radius 2 is 1.65 bits per heavy atom. The molecule has 8 nitrogen and oxygen atoms in total. The molecule has 0 amide bonds. The zero-order valence-electron chi connectivity index (χ0n) is 18.1. The van der Waals surface area contributed by atoms with Gasteiger partial charge in [-0.2, -0.15) is 0 Å². The second kappa shape index (κ2) is 9.35. The van der Waals surface area contributed by atoms with Gasteiger partial charge in [-0.25, -0.2) is 12.8 Å². The Bertz CT molecular complexity index is 1350. The first kappa shape index (κ1) is 23.6. The average Bonchev–Trinajstić information content (AvgIpc) is 2.79. The van der Waals surface area contributed by atoms with Crippen LogP contribution >= 0.6 is 12.2 Å². The summed E-state index contributed by atoms with van der Waals surface area (Å²) in [6.07, 6.45) is 1.21. The number of nitro benzene ring substituents is 1. The third-order valence-corrected chi connectivity index (χ3v) is 7.66. The number of rotatable bonds is 5. The molecule has 1 heterocycles. The van der Waals surface area contributed by atoms with Crippen molar-refractivity contribution in [1.82, 2.24) is 0 Å². The van der Waals surface area contributed by atoms with E-state index in [0.717, 1.165) is 0 Å². The van der Waals surface area contributed by atoms with Crippen molar-refractivity contribution in [3.63, 3.8) is 0 Å². The van der Waals surface area contributed by atoms with E-state index in [-0.39, 0.29) is 27.6 Å². The smallest absolute Gasteiger partial charge is 0.269 e. The number of halogens is 1. The number of nitrogens with one attached hydrogen (secondary N) is 2. The lowest BCUT2D eigenvalue weighted by Crippen LogP contribution is -2.42. The number of anilines is 3. The first-order valence-corrected chi connectivity index (χ1v) is 12.3. The molecule has 1 aliphatic rings. The van der Waals surface area contributed by atoms with Crippen molar-refractivity contribution < 1.29 is 17.7 Å². The van der Waals surface area contributed by atoms with Crippen molar-refractivity contribution in [3.05, 3.63) is 88.2 Å². The topological polar surface area (TPSA) is 105 Å². The lowest BCUT2D eigenvalue weighted by molar-refractivity contribution is -0.384. The van der Waals surface area contributed by atoms with Crippen molar-refractivity contribution in [1.29, 1.82) is 0 Å². The summed E-state index contributed by atoms with van der Waals surface area (Å²) in [6, 6.07) is 15.8. The minimum absolute atomic E-state index is 0.0305. The predicted molar refractivity (Wildman–Crippen MR) is 133 cm³/mol. The van der Waals surface area contributed by atoms with E-state index in [4.69, 9.17) is 12.2 Å². The first-order chi connectivity index (χ1) is 16.1. The predicted octanol–water partition coefficient (Wildman–Crippen LogP) is 5.07. The summed E-state index contributed by atoms with van der Waals surface area (Å²) >= 11 is 5.27. The third kappa shape index (κ3) is 4.85. The van der Waals surface area contributed by atoms with Crippen LogP contribution in [0.3, 0.4) is 0 Å². The maximum Gasteiger partial charge on any atom is 0.269 e. The highest BCUT2D eigenvalue weighted by atomic mass is 32.2. The molecule has 0 saturated heterocycles. The molecule has 0 aromatic heterocycles. The van der Waals surface area contributed by atoms with Crippen LogP contribution in [-0.4, -0.2) is 24.5 Å². The molecule has 0 bridgehead atoms. The van der Waals surface area contributed by atoms with Crippen LogP contribution in [0.1, 0.15) is 18.9 Å². The molecule has 1 aliphatic heterocycles. The van der Waals surface area contributed by atoms with Gasteiger partial charge in [0.1, 0.15) is 5.82 Å². The fourth-order valence-electron chi connectivity index (χ4n) is 3.84. The zero-order valence-corrected chi connectivity index (χ0v) is 19.7. The Kier molecular flexibility index (Phi) is 6.49. The minimum atomic E-state index is -3.86. The molecular formula is C23H21FN4O4S2. The van der Waals surface area contributed by atoms with Crippen LogP contribution in [0.25, 0.3) is 0 Å². The van der Waals surface area contributed by atoms with E-state index in [1.54, 1.807) is 12.1 Å². The SMILES string of the molecule is C[C@H]1CCc2cc(F)ccc2N1S(=O)(=O)c1ccc(NC(=S)Nc2ccc([N+](=O)[O-])cc2)cc1. The van der Waals surface area contributed by atoms with Gasteiger partial charge in [-0.05, 0) is 92.1 Å². The number of nitro groups is 1. The van der Waals surface area contributed by atoms with E-state index < -0.39 is 14.9 Å². The van der Waals surface area contributed by atoms with Crippen molar-refractivity contribution >= 4 is 50.1 Å². The van der Waals surface area contributed by atoms with Crippen LogP contribution in [0.15, 0.2) is 71.6 Å². The van der Waals surface area contributed by atoms with Gasteiger partial charge in [0.2, 0.25) is 0 Å². The number of fused-ring (bicyclic) bond motifs is 1. The number of hydrogen-bond acceptors (Lipinski definition) is 5. The number of nitrogens with zero attached hydrogens (tertiary/aromatic N) is 2. The molecule has 176 valence electrons. The lowest BCUT2D eigenvalue weighted by atomic mass is 9.99. The van der Waals surface area contributed by atoms with Gasteiger partial charge in [0, 0.05) is 29.5 Å². The Labute approximate surface area is 201 Å². The van der Waals surface area contributed by atoms with Crippen LogP contribution in [0.2, 0.25) is 0 Å². The summed E-state index contributed by atoms with van der Waals surface area (Å²) in [5.41, 5.74) is 2.26. The van der Waals surface area contributed by atoms with Crippen molar-refractivity contribution in [3.8, 4) is 0 Å². The van der Waals surface area contributed by atoms with E-state index in [1.807, 2.05) is 6.92 Å². The minimum Gasteiger partial charge on any atom is -0.332 e. The highest BCUT2D eigenvalue weighted by Gasteiger charge is 2.34. The van der Waals surface area contributed by atoms with Gasteiger partial charge >= 0.3 is 0 Å². The molecule has 0 aliphatic carbocycles. The van der Waals surface area contributed by atoms with Gasteiger partial charge < -0.3 is 10.6 Å². The standard InChI is InChI=1S/C23H21FN4O4S2/c1-15-2-3-16-14-17(24)4-13-22(16)27(15)34(31,32)21-11-7-19(8-12-21)26-23(33)25-18-5-9-20(10-6-18)28(29)30/h4-15H,2-3H2,1H3,(H2,25,26,33)/t15-/m0/s1. The number of thiocarbonyl (C=S) groups is 1. The molecule has 1 atom stereocenters. The number of hydrogen-bond donors (Lipinski definition) is 2. The maximum atomic E-state index is 13.7. The van der Waals surface area contributed by atoms with Gasteiger partial charge in [-0.3, -0.25) is 14.4 Å². The molecule has 3 aromatic carbocycles. The van der Waals surface area contributed by atoms with Gasteiger partial charge in [0.15, 0.2) is 5.11 Å². The van der Waals surface area contributed by atoms with E-state index in [0.29, 0.717) is 35.5 Å². The summed E-state index contributed by atoms with van der Waals surface area (Å²) in [6.45, 7) is 1.84. The molecule has 34 heavy (non-hydrogen) atoms. The van der Waals surface area contributed by atoms with E-state index in [9.17, 15) is 22.9 Å². The number of non-ortho nitro benzene ring substituents is 1. The molecule has 11 heteroatoms.